The second-order valence-electron chi connectivity index (χ2n) is 27.9. The molecule has 20 nitrogen and oxygen atoms in total. The Morgan fingerprint density at radius 1 is 0.509 bits per heavy atom. The minimum Gasteiger partial charge on any atom is -0.495 e. The van der Waals surface area contributed by atoms with Gasteiger partial charge in [-0.25, -0.2) is 38.7 Å². The molecule has 0 radical (unpaired) electrons. The predicted molar refractivity (Wildman–Crippen MR) is 413 cm³/mol. The Morgan fingerprint density at radius 2 is 1.02 bits per heavy atom. The molecule has 4 fully saturated rings. The number of aliphatic imine (C=N–C) groups is 3. The minimum absolute atomic E-state index is 0.185. The molecule has 18 rings (SSSR count). The summed E-state index contributed by atoms with van der Waals surface area (Å²) >= 11 is 0. The lowest BCUT2D eigenvalue weighted by Gasteiger charge is -2.45. The molecule has 28 heteroatoms. The highest BCUT2D eigenvalue weighted by Crippen LogP contribution is 3.02. The maximum absolute atomic E-state index is 13.8. The van der Waals surface area contributed by atoms with Crippen molar-refractivity contribution < 1.29 is 51.9 Å². The number of hydrogen-bond acceptors (Lipinski definition) is 17. The van der Waals surface area contributed by atoms with E-state index in [4.69, 9.17) is 33.7 Å². The Bertz CT molecular complexity index is 5310. The number of hydrogen-bond donors (Lipinski definition) is 0. The lowest BCUT2D eigenvalue weighted by molar-refractivity contribution is 0.0460. The van der Waals surface area contributed by atoms with Gasteiger partial charge in [-0.05, 0) is 220 Å². The van der Waals surface area contributed by atoms with E-state index in [2.05, 4.69) is 88.5 Å². The molecular weight excluding hydrogens is 1440 g/mol. The SMILES string of the molecule is COc1cc(/C=C2\CCCN3C2=NC(c2ccccc2)N3c2ccc(F)cc2)ccc1-n1cnc(C)c1.COc1cc(/C=C2\CCCN3C2=NCN3c2ccc(S(F)(F)(F)(F)F)cc2)ccc1-n1cnc(C)c1.Cc1cn(-c2ccc(/C=C3\CCCN4C3=NC3(CCOCC3)N4c3ccc(F)cc3)c3c2OCO3)cn1. The van der Waals surface area contributed by atoms with Crippen LogP contribution in [0, 0.1) is 32.4 Å². The van der Waals surface area contributed by atoms with E-state index in [1.54, 1.807) is 38.2 Å². The van der Waals surface area contributed by atoms with E-state index in [0.29, 0.717) is 49.2 Å². The van der Waals surface area contributed by atoms with Crippen LogP contribution >= 0.6 is 10.2 Å². The fourth-order valence-corrected chi connectivity index (χ4v) is 15.9. The first-order chi connectivity index (χ1) is 53.0. The van der Waals surface area contributed by atoms with Crippen molar-refractivity contribution in [1.82, 2.24) is 43.7 Å². The first kappa shape index (κ1) is 72.4. The average Bonchev–Trinajstić information content (AvgIpc) is 1.15. The number of aromatic nitrogens is 6. The topological polar surface area (TPSA) is 156 Å². The Kier molecular flexibility index (Phi) is 18.9. The summed E-state index contributed by atoms with van der Waals surface area (Å²) in [5, 5.41) is 12.5. The third kappa shape index (κ3) is 14.6. The van der Waals surface area contributed by atoms with Gasteiger partial charge in [-0.3, -0.25) is 30.1 Å². The van der Waals surface area contributed by atoms with Crippen molar-refractivity contribution in [3.05, 3.63) is 257 Å². The van der Waals surface area contributed by atoms with Crippen molar-refractivity contribution >= 4 is 63.0 Å². The maximum atomic E-state index is 13.8. The highest BCUT2D eigenvalue weighted by molar-refractivity contribution is 8.45. The third-order valence-electron chi connectivity index (χ3n) is 20.4. The molecule has 110 heavy (non-hydrogen) atoms. The number of imidazole rings is 3. The largest absolute Gasteiger partial charge is 0.495 e. The van der Waals surface area contributed by atoms with Gasteiger partial charge in [0.05, 0.1) is 97.6 Å². The number of aryl methyl sites for hydroxylation is 3. The number of anilines is 3. The van der Waals surface area contributed by atoms with Gasteiger partial charge in [0.15, 0.2) is 23.3 Å². The lowest BCUT2D eigenvalue weighted by atomic mass is 9.99. The maximum Gasteiger partial charge on any atom is 0.310 e. The van der Waals surface area contributed by atoms with Gasteiger partial charge in [-0.2, -0.15) is 0 Å². The highest BCUT2D eigenvalue weighted by Gasteiger charge is 2.65. The van der Waals surface area contributed by atoms with E-state index in [1.807, 2.05) is 131 Å². The van der Waals surface area contributed by atoms with Crippen LogP contribution in [0.2, 0.25) is 0 Å². The van der Waals surface area contributed by atoms with Gasteiger partial charge in [-0.15, -0.1) is 0 Å². The third-order valence-corrected chi connectivity index (χ3v) is 21.6. The summed E-state index contributed by atoms with van der Waals surface area (Å²) in [6, 6.07) is 42.8. The summed E-state index contributed by atoms with van der Waals surface area (Å²) in [6.45, 7) is 9.82. The molecule has 10 aromatic rings. The summed E-state index contributed by atoms with van der Waals surface area (Å²) < 4.78 is 128. The molecule has 0 aliphatic carbocycles. The summed E-state index contributed by atoms with van der Waals surface area (Å²) in [6.07, 6.45) is 24.3. The van der Waals surface area contributed by atoms with Gasteiger partial charge >= 0.3 is 10.2 Å². The summed E-state index contributed by atoms with van der Waals surface area (Å²) in [7, 11) is -6.43. The van der Waals surface area contributed by atoms with Gasteiger partial charge in [0, 0.05) is 56.6 Å². The molecule has 11 heterocycles. The zero-order valence-corrected chi connectivity index (χ0v) is 61.9. The van der Waals surface area contributed by atoms with E-state index in [9.17, 15) is 28.2 Å². The molecule has 568 valence electrons. The van der Waals surface area contributed by atoms with Crippen molar-refractivity contribution in [3.63, 3.8) is 0 Å². The molecule has 8 aliphatic heterocycles. The highest BCUT2D eigenvalue weighted by atomic mass is 32.5. The summed E-state index contributed by atoms with van der Waals surface area (Å²) in [5.74, 6) is 5.07. The predicted octanol–water partition coefficient (Wildman–Crippen LogP) is 18.3. The van der Waals surface area contributed by atoms with E-state index >= 15 is 0 Å². The summed E-state index contributed by atoms with van der Waals surface area (Å²) in [5.41, 5.74) is 14.6. The molecule has 0 bridgehead atoms. The van der Waals surface area contributed by atoms with Crippen molar-refractivity contribution in [1.29, 1.82) is 0 Å². The first-order valence-electron chi connectivity index (χ1n) is 36.4. The number of rotatable bonds is 13. The van der Waals surface area contributed by atoms with E-state index < -0.39 is 20.8 Å². The van der Waals surface area contributed by atoms with Crippen LogP contribution < -0.4 is 34.0 Å². The zero-order chi connectivity index (χ0) is 76.1. The number of fused-ring (bicyclic) bond motifs is 4. The van der Waals surface area contributed by atoms with Crippen LogP contribution in [0.25, 0.3) is 35.3 Å². The van der Waals surface area contributed by atoms with Crippen molar-refractivity contribution in [2.45, 2.75) is 88.9 Å². The number of methoxy groups -OCH3 is 2. The Hall–Kier alpha value is -11.8. The molecule has 0 N–H and O–H groups in total. The standard InChI is InChI=1S/C30H28FN5O.C28H28FN5O3.C24H24F5N5OS/c1-21-19-34(20-32-21)27-15-10-22(18-28(27)37-2)17-24-9-6-16-35-29(24)33-30(23-7-4-3-5-8-23)36(35)26-13-11-25(31)12-14-26;1-19-16-32(17-30-19)24-9-4-20(25-26(24)37-18-36-25)15-21-3-2-12-33-27(21)31-28(10-13-35-14-11-28)34(33)23-7-5-22(29)6-8-23;1-17-14-32(15-30-17)22-10-5-18(13-23(22)35-2)12-19-4-3-11-33-24(19)31-16-34(33)20-6-8-21(9-7-20)36(25,26,27,28)29/h3-5,7-8,10-15,17-20,30H,6,9,16H2,1-2H3;4-9,15-17H,2-3,10-14,18H2,1H3;5-10,12-15H,3-4,11,16H2,1-2H3/b24-17+;21-15+;19-12+. The van der Waals surface area contributed by atoms with Crippen molar-refractivity contribution in [2.24, 2.45) is 15.0 Å². The Balaban J connectivity index is 0.000000125. The normalized spacial score (nSPS) is 19.4. The van der Waals surface area contributed by atoms with Gasteiger partial charge < -0.3 is 37.4 Å². The molecule has 7 aromatic carbocycles. The zero-order valence-electron chi connectivity index (χ0n) is 61.1. The van der Waals surface area contributed by atoms with Crippen LogP contribution in [-0.4, -0.2) is 127 Å². The number of nitrogens with zero attached hydrogens (tertiary/aromatic N) is 15. The number of piperidine rings is 3. The molecule has 4 saturated heterocycles. The molecular formula is C82H80F7N15O5S. The van der Waals surface area contributed by atoms with Crippen LogP contribution in [0.5, 0.6) is 23.0 Å². The first-order valence-corrected chi connectivity index (χ1v) is 38.3. The minimum atomic E-state index is -9.71. The Labute approximate surface area is 631 Å². The molecule has 8 aliphatic rings. The average molecular weight is 1520 g/mol. The second kappa shape index (κ2) is 28.7. The fraction of sp³-hybridized carbons (Fsp3) is 0.268. The molecule has 0 amide bonds. The number of amidine groups is 3. The van der Waals surface area contributed by atoms with Gasteiger partial charge in [0.25, 0.3) is 0 Å². The van der Waals surface area contributed by atoms with Crippen LogP contribution in [0.4, 0.5) is 45.3 Å². The molecule has 0 saturated carbocycles. The monoisotopic (exact) mass is 1520 g/mol. The smallest absolute Gasteiger partial charge is 0.310 e. The molecule has 1 atom stereocenters. The number of ether oxygens (including phenoxy) is 5. The fourth-order valence-electron chi connectivity index (χ4n) is 15.3. The van der Waals surface area contributed by atoms with E-state index in [-0.39, 0.29) is 31.3 Å². The van der Waals surface area contributed by atoms with Crippen LogP contribution in [0.3, 0.4) is 0 Å². The van der Waals surface area contributed by atoms with Crippen LogP contribution in [-0.2, 0) is 4.74 Å². The molecule has 1 unspecified atom stereocenters. The number of halogens is 7. The van der Waals surface area contributed by atoms with Crippen LogP contribution in [0.1, 0.15) is 96.9 Å². The Morgan fingerprint density at radius 3 is 1.57 bits per heavy atom. The van der Waals surface area contributed by atoms with E-state index in [1.165, 1.54) is 29.8 Å². The quantitative estimate of drug-likeness (QED) is 0.100. The van der Waals surface area contributed by atoms with Crippen molar-refractivity contribution in [2.75, 3.05) is 75.6 Å². The van der Waals surface area contributed by atoms with Crippen molar-refractivity contribution in [3.8, 4) is 40.1 Å². The van der Waals surface area contributed by atoms with E-state index in [0.717, 1.165) is 184 Å². The second-order valence-corrected chi connectivity index (χ2v) is 30.3. The number of hydrazine groups is 3. The summed E-state index contributed by atoms with van der Waals surface area (Å²) in [4.78, 5) is 26.2. The van der Waals surface area contributed by atoms with Gasteiger partial charge in [0.1, 0.15) is 52.2 Å². The van der Waals surface area contributed by atoms with Crippen LogP contribution in [0.15, 0.2) is 226 Å². The van der Waals surface area contributed by atoms with Gasteiger partial charge in [-0.1, -0.05) is 61.9 Å². The molecule has 1 spiro atoms. The molecule has 3 aromatic heterocycles. The number of benzene rings is 7. The van der Waals surface area contributed by atoms with Gasteiger partial charge in [0.2, 0.25) is 6.79 Å². The lowest BCUT2D eigenvalue weighted by Crippen LogP contribution is -2.56.